The number of halogens is 1. The van der Waals surface area contributed by atoms with Gasteiger partial charge in [-0.15, -0.1) is 0 Å². The van der Waals surface area contributed by atoms with Gasteiger partial charge in [-0.1, -0.05) is 18.2 Å². The van der Waals surface area contributed by atoms with Crippen molar-refractivity contribution in [3.8, 4) is 6.07 Å². The maximum absolute atomic E-state index is 14.7. The summed E-state index contributed by atoms with van der Waals surface area (Å²) in [4.78, 5) is 28.6. The van der Waals surface area contributed by atoms with Crippen LogP contribution in [0.15, 0.2) is 47.4 Å². The largest absolute Gasteiger partial charge is 0.371 e. The molecule has 0 aliphatic carbocycles. The lowest BCUT2D eigenvalue weighted by atomic mass is 10.1. The third-order valence-electron chi connectivity index (χ3n) is 5.33. The number of thioether (sulfide) groups is 1. The highest BCUT2D eigenvalue weighted by Gasteiger charge is 2.35. The van der Waals surface area contributed by atoms with E-state index in [0.717, 1.165) is 48.3 Å². The summed E-state index contributed by atoms with van der Waals surface area (Å²) >= 11 is 0.789. The Labute approximate surface area is 178 Å². The number of rotatable bonds is 4. The molecule has 0 aromatic heterocycles. The average molecular weight is 421 g/mol. The standard InChI is InChI=1S/C23H20FN3O2S/c24-20-13-19(26-10-4-1-5-11-26)9-8-16(20)12-21-22(28)27(23(29)30-21)15-18-7-3-2-6-17(18)14-25/h2-3,6-9,12-13H,1,4-5,10-11,15H2/b21-12+. The van der Waals surface area contributed by atoms with Crippen molar-refractivity contribution in [3.63, 3.8) is 0 Å². The molecule has 0 saturated carbocycles. The first kappa shape index (κ1) is 20.2. The summed E-state index contributed by atoms with van der Waals surface area (Å²) in [7, 11) is 0. The normalized spacial score (nSPS) is 18.2. The third kappa shape index (κ3) is 4.10. The summed E-state index contributed by atoms with van der Waals surface area (Å²) in [6.45, 7) is 1.85. The molecule has 0 unspecified atom stereocenters. The van der Waals surface area contributed by atoms with Crippen molar-refractivity contribution in [2.75, 3.05) is 18.0 Å². The highest BCUT2D eigenvalue weighted by Crippen LogP contribution is 2.34. The summed E-state index contributed by atoms with van der Waals surface area (Å²) in [6.07, 6.45) is 4.83. The van der Waals surface area contributed by atoms with Crippen LogP contribution in [0.2, 0.25) is 0 Å². The van der Waals surface area contributed by atoms with E-state index in [4.69, 9.17) is 0 Å². The van der Waals surface area contributed by atoms with Crippen molar-refractivity contribution in [2.24, 2.45) is 0 Å². The molecule has 2 heterocycles. The molecule has 0 bridgehead atoms. The second-order valence-electron chi connectivity index (χ2n) is 7.29. The van der Waals surface area contributed by atoms with Crippen LogP contribution in [0.1, 0.15) is 36.0 Å². The number of anilines is 1. The molecular formula is C23H20FN3O2S. The highest BCUT2D eigenvalue weighted by molar-refractivity contribution is 8.18. The van der Waals surface area contributed by atoms with Gasteiger partial charge >= 0.3 is 0 Å². The molecule has 2 aromatic carbocycles. The molecule has 0 N–H and O–H groups in total. The molecule has 2 amide bonds. The van der Waals surface area contributed by atoms with Crippen LogP contribution in [0.25, 0.3) is 6.08 Å². The molecule has 2 fully saturated rings. The summed E-state index contributed by atoms with van der Waals surface area (Å²) in [5.41, 5.74) is 2.13. The number of nitrogens with zero attached hydrogens (tertiary/aromatic N) is 3. The third-order valence-corrected chi connectivity index (χ3v) is 6.24. The van der Waals surface area contributed by atoms with Crippen LogP contribution in [0, 0.1) is 17.1 Å². The van der Waals surface area contributed by atoms with Gasteiger partial charge in [-0.25, -0.2) is 4.39 Å². The molecule has 152 valence electrons. The van der Waals surface area contributed by atoms with E-state index in [0.29, 0.717) is 11.1 Å². The summed E-state index contributed by atoms with van der Waals surface area (Å²) in [5, 5.41) is 8.79. The Bertz CT molecular complexity index is 1070. The van der Waals surface area contributed by atoms with Crippen LogP contribution in [-0.4, -0.2) is 29.1 Å². The van der Waals surface area contributed by atoms with E-state index in [-0.39, 0.29) is 17.0 Å². The predicted molar refractivity (Wildman–Crippen MR) is 115 cm³/mol. The number of piperidine rings is 1. The van der Waals surface area contributed by atoms with Gasteiger partial charge in [-0.05, 0) is 66.9 Å². The first-order valence-electron chi connectivity index (χ1n) is 9.84. The van der Waals surface area contributed by atoms with Crippen molar-refractivity contribution < 1.29 is 14.0 Å². The minimum atomic E-state index is -0.475. The van der Waals surface area contributed by atoms with Gasteiger partial charge in [0.1, 0.15) is 5.82 Å². The zero-order valence-electron chi connectivity index (χ0n) is 16.3. The topological polar surface area (TPSA) is 64.4 Å². The average Bonchev–Trinajstić information content (AvgIpc) is 3.03. The SMILES string of the molecule is N#Cc1ccccc1CN1C(=O)S/C(=C/c2ccc(N3CCCCC3)cc2F)C1=O. The highest BCUT2D eigenvalue weighted by atomic mass is 32.2. The number of carbonyl (C=O) groups is 2. The van der Waals surface area contributed by atoms with Gasteiger partial charge in [0.25, 0.3) is 11.1 Å². The van der Waals surface area contributed by atoms with Crippen LogP contribution in [0.3, 0.4) is 0 Å². The van der Waals surface area contributed by atoms with Gasteiger partial charge in [-0.3, -0.25) is 14.5 Å². The van der Waals surface area contributed by atoms with Crippen molar-refractivity contribution in [2.45, 2.75) is 25.8 Å². The monoisotopic (exact) mass is 421 g/mol. The van der Waals surface area contributed by atoms with E-state index in [1.165, 1.54) is 18.6 Å². The first-order valence-corrected chi connectivity index (χ1v) is 10.7. The maximum atomic E-state index is 14.7. The molecule has 30 heavy (non-hydrogen) atoms. The molecule has 4 rings (SSSR count). The number of nitriles is 1. The van der Waals surface area contributed by atoms with Crippen molar-refractivity contribution >= 4 is 34.7 Å². The van der Waals surface area contributed by atoms with Crippen LogP contribution in [0.4, 0.5) is 14.9 Å². The van der Waals surface area contributed by atoms with Gasteiger partial charge in [0.2, 0.25) is 0 Å². The molecular weight excluding hydrogens is 401 g/mol. The Morgan fingerprint density at radius 1 is 1.10 bits per heavy atom. The van der Waals surface area contributed by atoms with E-state index < -0.39 is 17.0 Å². The molecule has 0 atom stereocenters. The number of imide groups is 1. The zero-order chi connectivity index (χ0) is 21.1. The van der Waals surface area contributed by atoms with Crippen molar-refractivity contribution in [1.29, 1.82) is 5.26 Å². The first-order chi connectivity index (χ1) is 14.6. The lowest BCUT2D eigenvalue weighted by Gasteiger charge is -2.28. The van der Waals surface area contributed by atoms with E-state index in [1.807, 2.05) is 6.07 Å². The number of hydrogen-bond donors (Lipinski definition) is 0. The Hall–Kier alpha value is -3.11. The molecule has 2 saturated heterocycles. The van der Waals surface area contributed by atoms with Gasteiger partial charge < -0.3 is 4.90 Å². The maximum Gasteiger partial charge on any atom is 0.293 e. The Morgan fingerprint density at radius 2 is 1.87 bits per heavy atom. The number of amides is 2. The smallest absolute Gasteiger partial charge is 0.293 e. The van der Waals surface area contributed by atoms with Crippen LogP contribution >= 0.6 is 11.8 Å². The summed E-state index contributed by atoms with van der Waals surface area (Å²) in [6, 6.07) is 13.9. The minimum Gasteiger partial charge on any atom is -0.371 e. The molecule has 5 nitrogen and oxygen atoms in total. The van der Waals surface area contributed by atoms with Crippen molar-refractivity contribution in [3.05, 3.63) is 69.9 Å². The van der Waals surface area contributed by atoms with Crippen molar-refractivity contribution in [1.82, 2.24) is 4.90 Å². The van der Waals surface area contributed by atoms with Crippen LogP contribution < -0.4 is 4.90 Å². The van der Waals surface area contributed by atoms with Crippen LogP contribution in [-0.2, 0) is 11.3 Å². The zero-order valence-corrected chi connectivity index (χ0v) is 17.1. The van der Waals surface area contributed by atoms with Crippen LogP contribution in [0.5, 0.6) is 0 Å². The van der Waals surface area contributed by atoms with E-state index in [9.17, 15) is 19.2 Å². The second-order valence-corrected chi connectivity index (χ2v) is 8.28. The Balaban J connectivity index is 1.54. The molecule has 0 spiro atoms. The van der Waals surface area contributed by atoms with E-state index in [1.54, 1.807) is 30.3 Å². The predicted octanol–water partition coefficient (Wildman–Crippen LogP) is 4.92. The fourth-order valence-electron chi connectivity index (χ4n) is 3.70. The lowest BCUT2D eigenvalue weighted by molar-refractivity contribution is -0.123. The Morgan fingerprint density at radius 3 is 2.60 bits per heavy atom. The molecule has 2 aliphatic heterocycles. The van der Waals surface area contributed by atoms with Gasteiger partial charge in [0.15, 0.2) is 0 Å². The lowest BCUT2D eigenvalue weighted by Crippen LogP contribution is -2.29. The van der Waals surface area contributed by atoms with Gasteiger partial charge in [0.05, 0.1) is 23.1 Å². The quantitative estimate of drug-likeness (QED) is 0.656. The molecule has 7 heteroatoms. The molecule has 2 aromatic rings. The summed E-state index contributed by atoms with van der Waals surface area (Å²) in [5.74, 6) is -0.892. The van der Waals surface area contributed by atoms with E-state index in [2.05, 4.69) is 11.0 Å². The fraction of sp³-hybridized carbons (Fsp3) is 0.261. The molecule has 0 radical (unpaired) electrons. The Kier molecular flexibility index (Phi) is 5.86. The second kappa shape index (κ2) is 8.72. The summed E-state index contributed by atoms with van der Waals surface area (Å²) < 4.78 is 14.7. The van der Waals surface area contributed by atoms with E-state index >= 15 is 0 Å². The molecule has 2 aliphatic rings. The number of benzene rings is 2. The fourth-order valence-corrected chi connectivity index (χ4v) is 4.53. The van der Waals surface area contributed by atoms with Gasteiger partial charge in [-0.2, -0.15) is 5.26 Å². The van der Waals surface area contributed by atoms with Gasteiger partial charge in [0, 0.05) is 24.3 Å². The minimum absolute atomic E-state index is 0.0160. The number of hydrogen-bond acceptors (Lipinski definition) is 5. The number of carbonyl (C=O) groups excluding carboxylic acids is 2.